The quantitative estimate of drug-likeness (QED) is 0.444. The molecule has 0 aromatic rings. The van der Waals surface area contributed by atoms with E-state index in [-0.39, 0.29) is 0 Å². The van der Waals surface area contributed by atoms with Gasteiger partial charge < -0.3 is 0 Å². The molecule has 0 heteroatoms. The molecule has 0 spiro atoms. The largest absolute Gasteiger partial charge is 0.0879 e. The Bertz CT molecular complexity index is 212. The van der Waals surface area contributed by atoms with Gasteiger partial charge in [-0.15, -0.1) is 0 Å². The van der Waals surface area contributed by atoms with E-state index in [0.717, 1.165) is 23.7 Å². The van der Waals surface area contributed by atoms with Crippen LogP contribution in [0.4, 0.5) is 0 Å². The van der Waals surface area contributed by atoms with Crippen molar-refractivity contribution in [3.63, 3.8) is 0 Å². The first-order chi connectivity index (χ1) is 4.95. The van der Waals surface area contributed by atoms with Crippen molar-refractivity contribution in [2.75, 3.05) is 0 Å². The summed E-state index contributed by atoms with van der Waals surface area (Å²) in [5.74, 6) is 3.82. The van der Waals surface area contributed by atoms with E-state index in [0.29, 0.717) is 0 Å². The predicted octanol–water partition coefficient (Wildman–Crippen LogP) is 2.38. The van der Waals surface area contributed by atoms with Crippen LogP contribution in [0.5, 0.6) is 0 Å². The Kier molecular flexibility index (Phi) is 0.803. The van der Waals surface area contributed by atoms with Gasteiger partial charge in [-0.25, -0.2) is 0 Å². The van der Waals surface area contributed by atoms with Crippen molar-refractivity contribution in [1.29, 1.82) is 0 Å². The van der Waals surface area contributed by atoms with E-state index in [1.165, 1.54) is 12.8 Å². The van der Waals surface area contributed by atoms with Gasteiger partial charge in [0, 0.05) is 0 Å². The molecule has 3 aliphatic rings. The number of fused-ring (bicyclic) bond motifs is 5. The first-order valence-corrected chi connectivity index (χ1v) is 4.30. The highest BCUT2D eigenvalue weighted by Gasteiger charge is 2.44. The predicted molar refractivity (Wildman–Crippen MR) is 41.5 cm³/mol. The third kappa shape index (κ3) is 0.448. The molecule has 3 rings (SSSR count). The van der Waals surface area contributed by atoms with Crippen molar-refractivity contribution in [2.45, 2.75) is 12.8 Å². The van der Waals surface area contributed by atoms with E-state index in [9.17, 15) is 0 Å². The summed E-state index contributed by atoms with van der Waals surface area (Å²) in [5, 5.41) is 0. The minimum absolute atomic E-state index is 0.925. The maximum atomic E-state index is 2.44. The molecule has 0 aliphatic heterocycles. The van der Waals surface area contributed by atoms with Gasteiger partial charge in [-0.2, -0.15) is 0 Å². The van der Waals surface area contributed by atoms with Gasteiger partial charge in [0.05, 0.1) is 0 Å². The number of hydrogen-bond acceptors (Lipinski definition) is 0. The van der Waals surface area contributed by atoms with Crippen LogP contribution in [0.1, 0.15) is 12.8 Å². The molecule has 0 radical (unpaired) electrons. The molecule has 3 aliphatic carbocycles. The Labute approximate surface area is 61.6 Å². The maximum absolute atomic E-state index is 2.44. The van der Waals surface area contributed by atoms with Crippen LogP contribution in [-0.4, -0.2) is 0 Å². The lowest BCUT2D eigenvalue weighted by molar-refractivity contribution is 0.398. The fourth-order valence-electron chi connectivity index (χ4n) is 2.97. The van der Waals surface area contributed by atoms with Gasteiger partial charge in [-0.05, 0) is 36.5 Å². The van der Waals surface area contributed by atoms with Gasteiger partial charge in [0.1, 0.15) is 0 Å². The van der Waals surface area contributed by atoms with Crippen LogP contribution in [0.2, 0.25) is 0 Å². The second-order valence-corrected chi connectivity index (χ2v) is 3.85. The molecule has 0 saturated heterocycles. The fraction of sp³-hybridized carbons (Fsp3) is 0.600. The number of hydrogen-bond donors (Lipinski definition) is 0. The van der Waals surface area contributed by atoms with E-state index in [1.807, 2.05) is 0 Å². The van der Waals surface area contributed by atoms with Gasteiger partial charge in [0.2, 0.25) is 0 Å². The molecule has 1 fully saturated rings. The Morgan fingerprint density at radius 3 is 2.80 bits per heavy atom. The first kappa shape index (κ1) is 5.17. The van der Waals surface area contributed by atoms with Crippen LogP contribution in [0.15, 0.2) is 24.3 Å². The molecule has 0 N–H and O–H groups in total. The van der Waals surface area contributed by atoms with E-state index in [2.05, 4.69) is 24.3 Å². The molecule has 10 heavy (non-hydrogen) atoms. The van der Waals surface area contributed by atoms with Crippen molar-refractivity contribution >= 4 is 0 Å². The standard InChI is InChI=1S/C10H12/c1-2-9-7-4-5-8(6-7)10(9)3-1/h1-2,4-5,7-10H,3,6H2/t7?,8-,9?,10-/m0/s1. The zero-order valence-electron chi connectivity index (χ0n) is 6.03. The average molecular weight is 132 g/mol. The smallest absolute Gasteiger partial charge is 0.0133 e. The van der Waals surface area contributed by atoms with Crippen LogP contribution in [-0.2, 0) is 0 Å². The molecule has 1 saturated carbocycles. The van der Waals surface area contributed by atoms with Crippen LogP contribution < -0.4 is 0 Å². The lowest BCUT2D eigenvalue weighted by Gasteiger charge is -2.18. The SMILES string of the molecule is C1=CC2C3C=C[C@@H](C3)[C@@H]2C1. The number of allylic oxidation sites excluding steroid dienone is 4. The van der Waals surface area contributed by atoms with Crippen LogP contribution >= 0.6 is 0 Å². The monoisotopic (exact) mass is 132 g/mol. The minimum atomic E-state index is 0.925. The van der Waals surface area contributed by atoms with Crippen molar-refractivity contribution in [1.82, 2.24) is 0 Å². The van der Waals surface area contributed by atoms with Crippen molar-refractivity contribution in [3.8, 4) is 0 Å². The Morgan fingerprint density at radius 2 is 1.90 bits per heavy atom. The van der Waals surface area contributed by atoms with Gasteiger partial charge in [0.15, 0.2) is 0 Å². The van der Waals surface area contributed by atoms with Gasteiger partial charge in [-0.1, -0.05) is 24.3 Å². The second kappa shape index (κ2) is 1.55. The Hall–Kier alpha value is -0.520. The molecule has 0 amide bonds. The van der Waals surface area contributed by atoms with Gasteiger partial charge in [0.25, 0.3) is 0 Å². The first-order valence-electron chi connectivity index (χ1n) is 4.30. The van der Waals surface area contributed by atoms with Crippen molar-refractivity contribution in [2.24, 2.45) is 23.7 Å². The molecule has 0 heterocycles. The zero-order valence-corrected chi connectivity index (χ0v) is 6.03. The molecule has 0 aromatic heterocycles. The van der Waals surface area contributed by atoms with Crippen LogP contribution in [0.25, 0.3) is 0 Å². The van der Waals surface area contributed by atoms with Crippen LogP contribution in [0, 0.1) is 23.7 Å². The highest BCUT2D eigenvalue weighted by molar-refractivity contribution is 5.21. The summed E-state index contributed by atoms with van der Waals surface area (Å²) in [7, 11) is 0. The highest BCUT2D eigenvalue weighted by Crippen LogP contribution is 2.52. The summed E-state index contributed by atoms with van der Waals surface area (Å²) in [6, 6.07) is 0. The molecular weight excluding hydrogens is 120 g/mol. The lowest BCUT2D eigenvalue weighted by Crippen LogP contribution is -2.12. The number of rotatable bonds is 0. The molecule has 2 unspecified atom stereocenters. The highest BCUT2D eigenvalue weighted by atomic mass is 14.5. The van der Waals surface area contributed by atoms with E-state index < -0.39 is 0 Å². The Balaban J connectivity index is 2.04. The average Bonchev–Trinajstić information content (AvgIpc) is 2.60. The van der Waals surface area contributed by atoms with Crippen molar-refractivity contribution in [3.05, 3.63) is 24.3 Å². The lowest BCUT2D eigenvalue weighted by atomic mass is 9.86. The minimum Gasteiger partial charge on any atom is -0.0879 e. The van der Waals surface area contributed by atoms with Gasteiger partial charge in [-0.3, -0.25) is 0 Å². The van der Waals surface area contributed by atoms with E-state index in [4.69, 9.17) is 0 Å². The summed E-state index contributed by atoms with van der Waals surface area (Å²) < 4.78 is 0. The van der Waals surface area contributed by atoms with E-state index >= 15 is 0 Å². The Morgan fingerprint density at radius 1 is 1.00 bits per heavy atom. The molecule has 2 bridgehead atoms. The normalized spacial score (nSPS) is 54.4. The zero-order chi connectivity index (χ0) is 6.55. The van der Waals surface area contributed by atoms with Crippen LogP contribution in [0.3, 0.4) is 0 Å². The summed E-state index contributed by atoms with van der Waals surface area (Å²) in [5.41, 5.74) is 0. The molecular formula is C10H12. The van der Waals surface area contributed by atoms with E-state index in [1.54, 1.807) is 0 Å². The summed E-state index contributed by atoms with van der Waals surface area (Å²) in [6.45, 7) is 0. The fourth-order valence-corrected chi connectivity index (χ4v) is 2.97. The third-order valence-corrected chi connectivity index (χ3v) is 3.46. The topological polar surface area (TPSA) is 0 Å². The molecule has 4 atom stereocenters. The molecule has 52 valence electrons. The second-order valence-electron chi connectivity index (χ2n) is 3.85. The molecule has 0 aromatic carbocycles. The maximum Gasteiger partial charge on any atom is -0.0133 e. The third-order valence-electron chi connectivity index (χ3n) is 3.46. The summed E-state index contributed by atoms with van der Waals surface area (Å²) in [6.07, 6.45) is 12.5. The summed E-state index contributed by atoms with van der Waals surface area (Å²) >= 11 is 0. The van der Waals surface area contributed by atoms with Crippen molar-refractivity contribution < 1.29 is 0 Å². The summed E-state index contributed by atoms with van der Waals surface area (Å²) in [4.78, 5) is 0. The molecule has 0 nitrogen and oxygen atoms in total. The van der Waals surface area contributed by atoms with Gasteiger partial charge >= 0.3 is 0 Å².